The van der Waals surface area contributed by atoms with E-state index in [4.69, 9.17) is 4.42 Å². The predicted molar refractivity (Wildman–Crippen MR) is 109 cm³/mol. The van der Waals surface area contributed by atoms with Crippen molar-refractivity contribution < 1.29 is 18.0 Å². The van der Waals surface area contributed by atoms with Gasteiger partial charge in [-0.05, 0) is 42.8 Å². The van der Waals surface area contributed by atoms with Crippen LogP contribution in [0.4, 0.5) is 14.5 Å². The van der Waals surface area contributed by atoms with Gasteiger partial charge in [-0.15, -0.1) is 5.10 Å². The van der Waals surface area contributed by atoms with Crippen molar-refractivity contribution in [1.82, 2.24) is 14.8 Å². The number of hydrogen-bond donors (Lipinski definition) is 1. The Labute approximate surface area is 175 Å². The molecule has 0 bridgehead atoms. The zero-order valence-electron chi connectivity index (χ0n) is 16.5. The average Bonchev–Trinajstić information content (AvgIpc) is 3.07. The fourth-order valence-corrected chi connectivity index (χ4v) is 3.13. The number of amides is 1. The van der Waals surface area contributed by atoms with E-state index in [9.17, 15) is 18.4 Å². The van der Waals surface area contributed by atoms with E-state index < -0.39 is 28.9 Å². The van der Waals surface area contributed by atoms with Gasteiger partial charge in [-0.25, -0.2) is 13.6 Å². The van der Waals surface area contributed by atoms with Gasteiger partial charge in [0.2, 0.25) is 5.89 Å². The van der Waals surface area contributed by atoms with Crippen molar-refractivity contribution in [1.29, 1.82) is 0 Å². The van der Waals surface area contributed by atoms with Crippen LogP contribution >= 0.6 is 0 Å². The van der Waals surface area contributed by atoms with E-state index in [2.05, 4.69) is 15.4 Å². The monoisotopic (exact) mass is 422 g/mol. The van der Waals surface area contributed by atoms with Gasteiger partial charge >= 0.3 is 5.76 Å². The largest absolute Gasteiger partial charge is 0.437 e. The second-order valence-electron chi connectivity index (χ2n) is 6.76. The summed E-state index contributed by atoms with van der Waals surface area (Å²) in [6.45, 7) is 1.82. The number of benzene rings is 2. The summed E-state index contributed by atoms with van der Waals surface area (Å²) in [6.07, 6.45) is 1.57. The first-order valence-corrected chi connectivity index (χ1v) is 9.21. The molecule has 0 atom stereocenters. The van der Waals surface area contributed by atoms with Gasteiger partial charge in [-0.1, -0.05) is 18.2 Å². The van der Waals surface area contributed by atoms with Gasteiger partial charge in [-0.2, -0.15) is 4.68 Å². The molecule has 2 heterocycles. The number of nitrogens with zero attached hydrogens (tertiary/aromatic N) is 3. The minimum Gasteiger partial charge on any atom is -0.388 e. The zero-order chi connectivity index (χ0) is 22.1. The van der Waals surface area contributed by atoms with Gasteiger partial charge in [0.15, 0.2) is 0 Å². The van der Waals surface area contributed by atoms with Crippen LogP contribution in [0, 0.1) is 18.6 Å². The summed E-state index contributed by atoms with van der Waals surface area (Å²) >= 11 is 0. The highest BCUT2D eigenvalue weighted by molar-refractivity contribution is 6.04. The van der Waals surface area contributed by atoms with Crippen LogP contribution in [0.15, 0.2) is 63.9 Å². The molecular weight excluding hydrogens is 406 g/mol. The molecule has 0 fully saturated rings. The Bertz CT molecular complexity index is 1320. The second kappa shape index (κ2) is 7.94. The normalized spacial score (nSPS) is 10.8. The Kier molecular flexibility index (Phi) is 5.16. The number of halogens is 2. The Balaban J connectivity index is 1.61. The molecule has 1 N–H and O–H groups in total. The Morgan fingerprint density at radius 2 is 1.74 bits per heavy atom. The molecule has 31 heavy (non-hydrogen) atoms. The van der Waals surface area contributed by atoms with Gasteiger partial charge < -0.3 is 9.73 Å². The molecule has 7 nitrogen and oxygen atoms in total. The molecule has 0 saturated heterocycles. The van der Waals surface area contributed by atoms with Crippen molar-refractivity contribution >= 4 is 11.6 Å². The first kappa shape index (κ1) is 20.1. The number of anilines is 1. The van der Waals surface area contributed by atoms with Gasteiger partial charge in [0.05, 0.1) is 5.69 Å². The van der Waals surface area contributed by atoms with Crippen LogP contribution in [0.3, 0.4) is 0 Å². The summed E-state index contributed by atoms with van der Waals surface area (Å²) in [6, 6.07) is 11.5. The lowest BCUT2D eigenvalue weighted by Gasteiger charge is -2.10. The van der Waals surface area contributed by atoms with Crippen molar-refractivity contribution in [3.05, 3.63) is 88.0 Å². The lowest BCUT2D eigenvalue weighted by atomic mass is 10.0. The summed E-state index contributed by atoms with van der Waals surface area (Å²) in [4.78, 5) is 28.2. The predicted octanol–water partition coefficient (Wildman–Crippen LogP) is 3.94. The number of nitrogens with one attached hydrogen (secondary N) is 1. The van der Waals surface area contributed by atoms with E-state index >= 15 is 0 Å². The molecule has 0 unspecified atom stereocenters. The molecule has 2 aromatic heterocycles. The lowest BCUT2D eigenvalue weighted by Crippen LogP contribution is -2.15. The standard InChI is InChI=1S/C22H16F2N4O3/c1-12-15(21-27-28(2)22(30)31-21)10-11-25-19(12)13-6-8-14(9-7-13)26-20(29)18-16(23)4-3-5-17(18)24/h3-11H,1-2H3,(H,26,29). The van der Waals surface area contributed by atoms with Gasteiger partial charge in [0.1, 0.15) is 17.2 Å². The molecule has 4 rings (SSSR count). The van der Waals surface area contributed by atoms with Crippen molar-refractivity contribution in [2.75, 3.05) is 5.32 Å². The fourth-order valence-electron chi connectivity index (χ4n) is 3.13. The number of aromatic nitrogens is 3. The first-order valence-electron chi connectivity index (χ1n) is 9.21. The topological polar surface area (TPSA) is 90.0 Å². The maximum Gasteiger partial charge on any atom is 0.437 e. The minimum atomic E-state index is -0.938. The molecule has 0 radical (unpaired) electrons. The van der Waals surface area contributed by atoms with Crippen molar-refractivity contribution in [2.45, 2.75) is 6.92 Å². The molecule has 2 aromatic carbocycles. The van der Waals surface area contributed by atoms with E-state index in [0.717, 1.165) is 27.9 Å². The van der Waals surface area contributed by atoms with Crippen LogP contribution in [-0.2, 0) is 7.05 Å². The minimum absolute atomic E-state index is 0.185. The molecule has 0 saturated carbocycles. The van der Waals surface area contributed by atoms with Crippen LogP contribution in [0.2, 0.25) is 0 Å². The summed E-state index contributed by atoms with van der Waals surface area (Å²) in [5.41, 5.74) is 2.44. The maximum absolute atomic E-state index is 13.8. The molecular formula is C22H16F2N4O3. The third-order valence-electron chi connectivity index (χ3n) is 4.73. The highest BCUT2D eigenvalue weighted by atomic mass is 19.1. The Hall–Kier alpha value is -4.14. The number of pyridine rings is 1. The van der Waals surface area contributed by atoms with Crippen LogP contribution < -0.4 is 11.1 Å². The van der Waals surface area contributed by atoms with Crippen LogP contribution in [0.5, 0.6) is 0 Å². The van der Waals surface area contributed by atoms with Gasteiger partial charge in [0, 0.05) is 30.1 Å². The lowest BCUT2D eigenvalue weighted by molar-refractivity contribution is 0.101. The Morgan fingerprint density at radius 1 is 1.06 bits per heavy atom. The molecule has 9 heteroatoms. The SMILES string of the molecule is Cc1c(-c2nn(C)c(=O)o2)ccnc1-c1ccc(NC(=O)c2c(F)cccc2F)cc1. The number of aryl methyl sites for hydroxylation is 1. The van der Waals surface area contributed by atoms with E-state index in [0.29, 0.717) is 16.9 Å². The molecule has 0 aliphatic heterocycles. The summed E-state index contributed by atoms with van der Waals surface area (Å²) in [7, 11) is 1.49. The van der Waals surface area contributed by atoms with Gasteiger partial charge in [0.25, 0.3) is 5.91 Å². The molecule has 1 amide bonds. The second-order valence-corrected chi connectivity index (χ2v) is 6.76. The fraction of sp³-hybridized carbons (Fsp3) is 0.0909. The van der Waals surface area contributed by atoms with Crippen molar-refractivity contribution in [3.8, 4) is 22.7 Å². The number of carbonyl (C=O) groups is 1. The summed E-state index contributed by atoms with van der Waals surface area (Å²) in [5, 5.41) is 6.54. The first-order chi connectivity index (χ1) is 14.8. The number of rotatable bonds is 4. The molecule has 0 aliphatic carbocycles. The molecule has 4 aromatic rings. The van der Waals surface area contributed by atoms with Gasteiger partial charge in [-0.3, -0.25) is 9.78 Å². The van der Waals surface area contributed by atoms with Crippen LogP contribution in [0.1, 0.15) is 15.9 Å². The zero-order valence-corrected chi connectivity index (χ0v) is 16.5. The highest BCUT2D eigenvalue weighted by Crippen LogP contribution is 2.29. The average molecular weight is 422 g/mol. The van der Waals surface area contributed by atoms with E-state index in [1.54, 1.807) is 36.5 Å². The quantitative estimate of drug-likeness (QED) is 0.538. The highest BCUT2D eigenvalue weighted by Gasteiger charge is 2.18. The van der Waals surface area contributed by atoms with E-state index in [1.165, 1.54) is 13.1 Å². The summed E-state index contributed by atoms with van der Waals surface area (Å²) < 4.78 is 33.8. The number of carbonyl (C=O) groups excluding carboxylic acids is 1. The maximum atomic E-state index is 13.8. The molecule has 156 valence electrons. The van der Waals surface area contributed by atoms with Crippen molar-refractivity contribution in [3.63, 3.8) is 0 Å². The molecule has 0 aliphatic rings. The molecule has 0 spiro atoms. The third kappa shape index (κ3) is 3.85. The van der Waals surface area contributed by atoms with Crippen LogP contribution in [-0.4, -0.2) is 20.7 Å². The van der Waals surface area contributed by atoms with Crippen molar-refractivity contribution in [2.24, 2.45) is 7.05 Å². The smallest absolute Gasteiger partial charge is 0.388 e. The number of hydrogen-bond acceptors (Lipinski definition) is 5. The van der Waals surface area contributed by atoms with E-state index in [-0.39, 0.29) is 5.89 Å². The van der Waals surface area contributed by atoms with Crippen LogP contribution in [0.25, 0.3) is 22.7 Å². The summed E-state index contributed by atoms with van der Waals surface area (Å²) in [5.74, 6) is -3.15. The third-order valence-corrected chi connectivity index (χ3v) is 4.73. The Morgan fingerprint density at radius 3 is 2.35 bits per heavy atom. The van der Waals surface area contributed by atoms with E-state index in [1.807, 2.05) is 6.92 Å².